The van der Waals surface area contributed by atoms with Gasteiger partial charge in [-0.1, -0.05) is 15.9 Å². The quantitative estimate of drug-likeness (QED) is 0.792. The van der Waals surface area contributed by atoms with E-state index in [0.29, 0.717) is 36.9 Å². The van der Waals surface area contributed by atoms with Gasteiger partial charge in [0, 0.05) is 17.1 Å². The van der Waals surface area contributed by atoms with Crippen LogP contribution in [0.4, 0.5) is 5.69 Å². The van der Waals surface area contributed by atoms with Gasteiger partial charge in [-0.2, -0.15) is 0 Å². The van der Waals surface area contributed by atoms with Crippen LogP contribution in [0.3, 0.4) is 0 Å². The zero-order valence-electron chi connectivity index (χ0n) is 12.5. The second-order valence-corrected chi connectivity index (χ2v) is 7.73. The highest BCUT2D eigenvalue weighted by Gasteiger charge is 2.25. The second-order valence-electron chi connectivity index (χ2n) is 4.95. The Labute approximate surface area is 144 Å². The van der Waals surface area contributed by atoms with Gasteiger partial charge < -0.3 is 9.47 Å². The third-order valence-electron chi connectivity index (χ3n) is 3.50. The van der Waals surface area contributed by atoms with Crippen molar-refractivity contribution in [3.05, 3.63) is 46.9 Å². The molecule has 0 aliphatic carbocycles. The average molecular weight is 398 g/mol. The summed E-state index contributed by atoms with van der Waals surface area (Å²) >= 11 is 3.31. The molecule has 23 heavy (non-hydrogen) atoms. The van der Waals surface area contributed by atoms with Gasteiger partial charge in [0.25, 0.3) is 10.0 Å². The van der Waals surface area contributed by atoms with Crippen LogP contribution in [0.5, 0.6) is 11.5 Å². The van der Waals surface area contributed by atoms with Gasteiger partial charge in [0.15, 0.2) is 11.5 Å². The molecular formula is C16H16BrNO4S. The van der Waals surface area contributed by atoms with Gasteiger partial charge in [0.1, 0.15) is 13.2 Å². The van der Waals surface area contributed by atoms with Crippen molar-refractivity contribution in [1.82, 2.24) is 0 Å². The molecule has 122 valence electrons. The lowest BCUT2D eigenvalue weighted by molar-refractivity contribution is 0.171. The van der Waals surface area contributed by atoms with Crippen molar-refractivity contribution in [2.24, 2.45) is 0 Å². The van der Waals surface area contributed by atoms with Crippen LogP contribution in [0.2, 0.25) is 0 Å². The Bertz CT molecular complexity index is 805. The van der Waals surface area contributed by atoms with E-state index in [0.717, 1.165) is 4.47 Å². The van der Waals surface area contributed by atoms with Gasteiger partial charge in [0.2, 0.25) is 0 Å². The molecule has 7 heteroatoms. The lowest BCUT2D eigenvalue weighted by Gasteiger charge is -2.25. The van der Waals surface area contributed by atoms with Gasteiger partial charge in [0.05, 0.1) is 10.6 Å². The van der Waals surface area contributed by atoms with Gasteiger partial charge in [-0.05, 0) is 43.3 Å². The first-order valence-corrected chi connectivity index (χ1v) is 9.43. The summed E-state index contributed by atoms with van der Waals surface area (Å²) in [6.45, 7) is 3.08. The van der Waals surface area contributed by atoms with Crippen molar-refractivity contribution in [2.75, 3.05) is 24.1 Å². The Hall–Kier alpha value is -1.73. The van der Waals surface area contributed by atoms with Crippen molar-refractivity contribution in [3.8, 4) is 11.5 Å². The van der Waals surface area contributed by atoms with Crippen LogP contribution in [0.25, 0.3) is 0 Å². The summed E-state index contributed by atoms with van der Waals surface area (Å²) in [7, 11) is -3.63. The molecule has 0 N–H and O–H groups in total. The number of anilines is 1. The van der Waals surface area contributed by atoms with Crippen LogP contribution in [0, 0.1) is 0 Å². The zero-order chi connectivity index (χ0) is 16.4. The summed E-state index contributed by atoms with van der Waals surface area (Å²) in [4.78, 5) is 0.248. The lowest BCUT2D eigenvalue weighted by atomic mass is 10.2. The summed E-state index contributed by atoms with van der Waals surface area (Å²) in [6.07, 6.45) is 0. The van der Waals surface area contributed by atoms with E-state index >= 15 is 0 Å². The number of ether oxygens (including phenoxy) is 2. The molecular weight excluding hydrogens is 382 g/mol. The van der Waals surface area contributed by atoms with E-state index in [1.165, 1.54) is 4.31 Å². The van der Waals surface area contributed by atoms with E-state index < -0.39 is 10.0 Å². The number of halogens is 1. The first-order valence-electron chi connectivity index (χ1n) is 7.20. The standard InChI is InChI=1S/C16H16BrNO4S/c1-2-18(23(19,20)14-6-3-12(17)4-7-14)13-5-8-15-16(11-13)22-10-9-21-15/h3-8,11H,2,9-10H2,1H3. The minimum absolute atomic E-state index is 0.248. The summed E-state index contributed by atoms with van der Waals surface area (Å²) in [6, 6.07) is 11.8. The first kappa shape index (κ1) is 16.1. The molecule has 0 fully saturated rings. The highest BCUT2D eigenvalue weighted by Crippen LogP contribution is 2.35. The molecule has 0 aromatic heterocycles. The van der Waals surface area contributed by atoms with Crippen LogP contribution < -0.4 is 13.8 Å². The Morgan fingerprint density at radius 3 is 2.35 bits per heavy atom. The smallest absolute Gasteiger partial charge is 0.264 e. The SMILES string of the molecule is CCN(c1ccc2c(c1)OCCO2)S(=O)(=O)c1ccc(Br)cc1. The number of sulfonamides is 1. The molecule has 1 aliphatic rings. The van der Waals surface area contributed by atoms with Crippen LogP contribution >= 0.6 is 15.9 Å². The first-order chi connectivity index (χ1) is 11.0. The highest BCUT2D eigenvalue weighted by molar-refractivity contribution is 9.10. The maximum atomic E-state index is 12.9. The molecule has 0 saturated heterocycles. The van der Waals surface area contributed by atoms with Gasteiger partial charge >= 0.3 is 0 Å². The summed E-state index contributed by atoms with van der Waals surface area (Å²) < 4.78 is 39.0. The molecule has 0 atom stereocenters. The second kappa shape index (κ2) is 6.41. The van der Waals surface area contributed by atoms with E-state index in [4.69, 9.17) is 9.47 Å². The summed E-state index contributed by atoms with van der Waals surface area (Å²) in [5.74, 6) is 1.20. The third kappa shape index (κ3) is 3.16. The average Bonchev–Trinajstić information content (AvgIpc) is 2.55. The number of hydrogen-bond donors (Lipinski definition) is 0. The van der Waals surface area contributed by atoms with Crippen molar-refractivity contribution >= 4 is 31.6 Å². The van der Waals surface area contributed by atoms with Crippen LogP contribution in [0.1, 0.15) is 6.92 Å². The van der Waals surface area contributed by atoms with Crippen molar-refractivity contribution in [1.29, 1.82) is 0 Å². The van der Waals surface area contributed by atoms with Crippen LogP contribution in [-0.2, 0) is 10.0 Å². The Morgan fingerprint density at radius 1 is 1.04 bits per heavy atom. The normalized spacial score (nSPS) is 13.7. The fraction of sp³-hybridized carbons (Fsp3) is 0.250. The maximum absolute atomic E-state index is 12.9. The van der Waals surface area contributed by atoms with Crippen LogP contribution in [0.15, 0.2) is 51.8 Å². The molecule has 2 aromatic carbocycles. The Kier molecular flexibility index (Phi) is 4.50. The van der Waals surface area contributed by atoms with Crippen molar-refractivity contribution in [3.63, 3.8) is 0 Å². The van der Waals surface area contributed by atoms with Gasteiger partial charge in [-0.25, -0.2) is 8.42 Å². The van der Waals surface area contributed by atoms with Gasteiger partial charge in [-0.15, -0.1) is 0 Å². The fourth-order valence-corrected chi connectivity index (χ4v) is 4.14. The summed E-state index contributed by atoms with van der Waals surface area (Å²) in [5, 5.41) is 0. The van der Waals surface area contributed by atoms with E-state index in [-0.39, 0.29) is 4.90 Å². The molecule has 5 nitrogen and oxygen atoms in total. The third-order valence-corrected chi connectivity index (χ3v) is 5.95. The topological polar surface area (TPSA) is 55.8 Å². The fourth-order valence-electron chi connectivity index (χ4n) is 2.41. The molecule has 0 amide bonds. The zero-order valence-corrected chi connectivity index (χ0v) is 14.9. The molecule has 0 saturated carbocycles. The number of benzene rings is 2. The number of fused-ring (bicyclic) bond motifs is 1. The monoisotopic (exact) mass is 397 g/mol. The van der Waals surface area contributed by atoms with Crippen molar-refractivity contribution < 1.29 is 17.9 Å². The van der Waals surface area contributed by atoms with E-state index in [9.17, 15) is 8.42 Å². The highest BCUT2D eigenvalue weighted by atomic mass is 79.9. The van der Waals surface area contributed by atoms with E-state index in [1.807, 2.05) is 0 Å². The van der Waals surface area contributed by atoms with E-state index in [2.05, 4.69) is 15.9 Å². The lowest BCUT2D eigenvalue weighted by Crippen LogP contribution is -2.31. The van der Waals surface area contributed by atoms with E-state index in [1.54, 1.807) is 49.4 Å². The molecule has 2 aromatic rings. The molecule has 0 bridgehead atoms. The summed E-state index contributed by atoms with van der Waals surface area (Å²) in [5.41, 5.74) is 0.555. The molecule has 3 rings (SSSR count). The minimum atomic E-state index is -3.63. The number of nitrogens with zero attached hydrogens (tertiary/aromatic N) is 1. The number of hydrogen-bond acceptors (Lipinski definition) is 4. The molecule has 0 unspecified atom stereocenters. The molecule has 1 heterocycles. The maximum Gasteiger partial charge on any atom is 0.264 e. The van der Waals surface area contributed by atoms with Crippen LogP contribution in [-0.4, -0.2) is 28.2 Å². The predicted molar refractivity (Wildman–Crippen MR) is 91.8 cm³/mol. The molecule has 1 aliphatic heterocycles. The van der Waals surface area contributed by atoms with Gasteiger partial charge in [-0.3, -0.25) is 4.31 Å². The molecule has 0 spiro atoms. The Morgan fingerprint density at radius 2 is 1.70 bits per heavy atom. The van der Waals surface area contributed by atoms with Crippen molar-refractivity contribution in [2.45, 2.75) is 11.8 Å². The molecule has 0 radical (unpaired) electrons. The Balaban J connectivity index is 2.00. The minimum Gasteiger partial charge on any atom is -0.486 e. The largest absolute Gasteiger partial charge is 0.486 e. The predicted octanol–water partition coefficient (Wildman–Crippen LogP) is 3.44. The number of rotatable bonds is 4.